The van der Waals surface area contributed by atoms with Crippen LogP contribution in [0.1, 0.15) is 178 Å². The second-order valence-corrected chi connectivity index (χ2v) is 29.1. The van der Waals surface area contributed by atoms with Crippen LogP contribution in [0.4, 0.5) is 41.0 Å². The summed E-state index contributed by atoms with van der Waals surface area (Å²) in [5.74, 6) is 5.23. The molecule has 7 aromatic rings. The summed E-state index contributed by atoms with van der Waals surface area (Å²) in [4.78, 5) is 41.4. The monoisotopic (exact) mass is 1300 g/mol. The highest BCUT2D eigenvalue weighted by Crippen LogP contribution is 2.44. The van der Waals surface area contributed by atoms with Crippen molar-refractivity contribution in [3.8, 4) is 29.3 Å². The summed E-state index contributed by atoms with van der Waals surface area (Å²) in [6, 6.07) is 42.3. The fraction of sp³-hybridized carbons (Fsp3) is 0.481. The van der Waals surface area contributed by atoms with Gasteiger partial charge in [-0.05, 0) is 183 Å². The molecule has 498 valence electrons. The second kappa shape index (κ2) is 33.0. The Bertz CT molecular complexity index is 3760. The van der Waals surface area contributed by atoms with Gasteiger partial charge in [-0.2, -0.15) is 30.7 Å². The van der Waals surface area contributed by atoms with Crippen LogP contribution >= 0.6 is 11.6 Å². The van der Waals surface area contributed by atoms with Gasteiger partial charge in [0.1, 0.15) is 52.4 Å². The van der Waals surface area contributed by atoms with E-state index < -0.39 is 0 Å². The number of hydrogen-bond acceptors (Lipinski definition) is 17. The molecule has 18 heteroatoms. The molecule has 0 spiro atoms. The number of rotatable bonds is 20. The van der Waals surface area contributed by atoms with E-state index in [1.165, 1.54) is 79.3 Å². The van der Waals surface area contributed by atoms with Crippen molar-refractivity contribution in [2.45, 2.75) is 170 Å². The third-order valence-electron chi connectivity index (χ3n) is 20.6. The van der Waals surface area contributed by atoms with E-state index in [2.05, 4.69) is 220 Å². The normalized spacial score (nSPS) is 20.8. The van der Waals surface area contributed by atoms with Crippen LogP contribution in [0.2, 0.25) is 5.02 Å². The van der Waals surface area contributed by atoms with Gasteiger partial charge in [0.25, 0.3) is 0 Å². The first-order chi connectivity index (χ1) is 45.7. The highest BCUT2D eigenvalue weighted by Gasteiger charge is 2.37. The molecule has 0 unspecified atom stereocenters. The Morgan fingerprint density at radius 1 is 0.505 bits per heavy atom. The Kier molecular flexibility index (Phi) is 24.5. The van der Waals surface area contributed by atoms with Gasteiger partial charge in [0.2, 0.25) is 17.8 Å². The standard InChI is InChI=1S/C28H33N5.C27H38N6.C22H26ClN5O/c1-20-9-14-25(17-28(20,2)3)32-26-24(18-29)19-31-27(33-26)30-16-15-21-10-12-23(13-11-21)22-7-5-4-6-8-22;1-20-7-10-23(17-27(20,2)3)31-25-22(18-28)19-30-26(32-25)29-14-13-21-8-11-24(12-9-21)33-15-5-4-6-16-33;1-14-4-9-18(10-22(14,2)3)27-20-16(11-24)12-25-21(28-20)26-13-19(29)15-5-7-17(23)8-6-15/h4-8,10-13,19-20,25H,9,14-17H2,1-3H3,(H2,30,31,32,33);8-9,11-12,19-20,23H,4-7,10,13-17H2,1-3H3,(H2,29,30,31,32);5-8,12,14,18H,4,9-10,13H2,1-3H3,(H2,25,26,27,28)/t20-,25+;20-,23+;14-,18+/m000/s1. The molecule has 6 N–H and O–H groups in total. The number of anilines is 7. The van der Waals surface area contributed by atoms with Crippen LogP contribution in [0, 0.1) is 68.0 Å². The summed E-state index contributed by atoms with van der Waals surface area (Å²) in [6.07, 6.45) is 20.4. The molecule has 17 nitrogen and oxygen atoms in total. The summed E-state index contributed by atoms with van der Waals surface area (Å²) in [6.45, 7) is 24.7. The Balaban J connectivity index is 0.000000168. The van der Waals surface area contributed by atoms with Gasteiger partial charge in [-0.15, -0.1) is 0 Å². The molecule has 1 aliphatic heterocycles. The van der Waals surface area contributed by atoms with Crippen LogP contribution in [0.3, 0.4) is 0 Å². The Morgan fingerprint density at radius 3 is 1.29 bits per heavy atom. The fourth-order valence-electron chi connectivity index (χ4n) is 13.3. The summed E-state index contributed by atoms with van der Waals surface area (Å²) >= 11 is 5.86. The lowest BCUT2D eigenvalue weighted by Gasteiger charge is -2.41. The average Bonchev–Trinajstić information content (AvgIpc) is 0.910. The molecular weight excluding hydrogens is 1200 g/mol. The molecule has 4 aromatic carbocycles. The van der Waals surface area contributed by atoms with Crippen molar-refractivity contribution in [3.05, 3.63) is 160 Å². The number of hydrogen-bond donors (Lipinski definition) is 6. The summed E-state index contributed by atoms with van der Waals surface area (Å²) in [5.41, 5.74) is 9.11. The van der Waals surface area contributed by atoms with E-state index in [9.17, 15) is 20.6 Å². The quantitative estimate of drug-likeness (QED) is 0.0389. The lowest BCUT2D eigenvalue weighted by Crippen LogP contribution is -2.37. The minimum Gasteiger partial charge on any atom is -0.372 e. The van der Waals surface area contributed by atoms with Crippen LogP contribution in [0.15, 0.2) is 122 Å². The van der Waals surface area contributed by atoms with Crippen LogP contribution in [0.25, 0.3) is 11.1 Å². The van der Waals surface area contributed by atoms with Gasteiger partial charge in [0.05, 0.1) is 25.1 Å². The third kappa shape index (κ3) is 20.1. The Hall–Kier alpha value is -8.85. The van der Waals surface area contributed by atoms with Gasteiger partial charge >= 0.3 is 0 Å². The van der Waals surface area contributed by atoms with E-state index in [4.69, 9.17) is 11.6 Å². The van der Waals surface area contributed by atoms with Crippen LogP contribution in [-0.2, 0) is 12.8 Å². The molecule has 0 bridgehead atoms. The highest BCUT2D eigenvalue weighted by atomic mass is 35.5. The number of piperidine rings is 1. The van der Waals surface area contributed by atoms with Crippen molar-refractivity contribution >= 4 is 58.4 Å². The number of benzene rings is 4. The van der Waals surface area contributed by atoms with Crippen LogP contribution < -0.4 is 36.8 Å². The van der Waals surface area contributed by atoms with Crippen molar-refractivity contribution in [2.24, 2.45) is 34.0 Å². The van der Waals surface area contributed by atoms with Crippen LogP contribution in [0.5, 0.6) is 0 Å². The molecule has 6 atom stereocenters. The summed E-state index contributed by atoms with van der Waals surface area (Å²) in [7, 11) is 0. The summed E-state index contributed by atoms with van der Waals surface area (Å²) in [5, 5.41) is 49.2. The number of nitrogens with zero attached hydrogens (tertiary/aromatic N) is 10. The maximum Gasteiger partial charge on any atom is 0.225 e. The van der Waals surface area contributed by atoms with Gasteiger partial charge < -0.3 is 36.8 Å². The third-order valence-corrected chi connectivity index (χ3v) is 20.9. The number of Topliss-reactive ketones (excluding diaryl/α,β-unsaturated/α-hetero) is 1. The van der Waals surface area contributed by atoms with Crippen molar-refractivity contribution in [2.75, 3.05) is 69.5 Å². The van der Waals surface area contributed by atoms with Crippen LogP contribution in [-0.4, -0.2) is 86.5 Å². The number of nitrogens with one attached hydrogen (secondary N) is 6. The van der Waals surface area contributed by atoms with Gasteiger partial charge in [0, 0.05) is 60.6 Å². The van der Waals surface area contributed by atoms with E-state index in [0.717, 1.165) is 70.9 Å². The van der Waals surface area contributed by atoms with Gasteiger partial charge in [-0.25, -0.2) is 15.0 Å². The number of ketones is 1. The zero-order valence-electron chi connectivity index (χ0n) is 57.2. The van der Waals surface area contributed by atoms with Crippen molar-refractivity contribution in [1.29, 1.82) is 15.8 Å². The van der Waals surface area contributed by atoms with E-state index in [0.29, 0.717) is 97.8 Å². The van der Waals surface area contributed by atoms with Gasteiger partial charge in [0.15, 0.2) is 5.78 Å². The predicted molar refractivity (Wildman–Crippen MR) is 386 cm³/mol. The van der Waals surface area contributed by atoms with Crippen molar-refractivity contribution < 1.29 is 4.79 Å². The lowest BCUT2D eigenvalue weighted by atomic mass is 9.68. The first kappa shape index (κ1) is 70.5. The molecular formula is C77H97ClN16O. The Labute approximate surface area is 569 Å². The molecule has 0 radical (unpaired) electrons. The smallest absolute Gasteiger partial charge is 0.225 e. The number of carbonyl (C=O) groups excluding carboxylic acids is 1. The van der Waals surface area contributed by atoms with Gasteiger partial charge in [-0.1, -0.05) is 141 Å². The van der Waals surface area contributed by atoms with E-state index in [-0.39, 0.29) is 29.2 Å². The predicted octanol–water partition coefficient (Wildman–Crippen LogP) is 16.8. The van der Waals surface area contributed by atoms with E-state index >= 15 is 0 Å². The van der Waals surface area contributed by atoms with Crippen molar-refractivity contribution in [3.63, 3.8) is 0 Å². The minimum atomic E-state index is -0.0906. The first-order valence-electron chi connectivity index (χ1n) is 34.3. The molecule has 11 rings (SSSR count). The molecule has 3 saturated carbocycles. The SMILES string of the molecule is C[C@H]1CC[C@@H](Nc2nc(NCC(=O)c3ccc(Cl)cc3)ncc2C#N)CC1(C)C.C[C@H]1CC[C@@H](Nc2nc(NCCc3ccc(-c4ccccc4)cc3)ncc2C#N)CC1(C)C.C[C@H]1CC[C@@H](Nc2nc(NCCc3ccc(N4CCCCC4)cc3)ncc2C#N)CC1(C)C. The van der Waals surface area contributed by atoms with E-state index in [1.807, 2.05) is 6.07 Å². The first-order valence-corrected chi connectivity index (χ1v) is 34.6. The highest BCUT2D eigenvalue weighted by molar-refractivity contribution is 6.30. The second-order valence-electron chi connectivity index (χ2n) is 28.7. The molecule has 0 amide bonds. The summed E-state index contributed by atoms with van der Waals surface area (Å²) < 4.78 is 0. The maximum absolute atomic E-state index is 12.3. The molecule has 95 heavy (non-hydrogen) atoms. The number of carbonyl (C=O) groups is 1. The van der Waals surface area contributed by atoms with Gasteiger partial charge in [-0.3, -0.25) is 4.79 Å². The molecule has 4 heterocycles. The topological polar surface area (TPSA) is 241 Å². The zero-order valence-corrected chi connectivity index (χ0v) is 58.0. The number of aromatic nitrogens is 6. The number of nitriles is 3. The Morgan fingerprint density at radius 2 is 0.895 bits per heavy atom. The lowest BCUT2D eigenvalue weighted by molar-refractivity contribution is 0.101. The molecule has 3 aromatic heterocycles. The zero-order chi connectivity index (χ0) is 67.5. The average molecular weight is 1300 g/mol. The largest absolute Gasteiger partial charge is 0.372 e. The number of halogens is 1. The van der Waals surface area contributed by atoms with E-state index in [1.54, 1.807) is 36.7 Å². The molecule has 1 saturated heterocycles. The minimum absolute atomic E-state index is 0.0565. The fourth-order valence-corrected chi connectivity index (χ4v) is 13.4. The van der Waals surface area contributed by atoms with Crippen molar-refractivity contribution in [1.82, 2.24) is 29.9 Å². The molecule has 3 aliphatic carbocycles. The molecule has 4 aliphatic rings. The maximum atomic E-state index is 12.3. The molecule has 4 fully saturated rings.